The fourth-order valence-electron chi connectivity index (χ4n) is 3.65. The van der Waals surface area contributed by atoms with Crippen LogP contribution >= 0.6 is 34.9 Å². The van der Waals surface area contributed by atoms with Gasteiger partial charge in [-0.15, -0.1) is 28.2 Å². The summed E-state index contributed by atoms with van der Waals surface area (Å²) in [5.74, 6) is -2.54. The number of carboxylic acid groups (broad SMARTS) is 1. The fourth-order valence-corrected chi connectivity index (χ4v) is 6.27. The monoisotopic (exact) mass is 596 g/mol. The first kappa shape index (κ1) is 28.1. The highest BCUT2D eigenvalue weighted by molar-refractivity contribution is 8.02. The van der Waals surface area contributed by atoms with Gasteiger partial charge in [0.2, 0.25) is 0 Å². The minimum atomic E-state index is -1.35. The molecule has 4 rings (SSSR count). The minimum Gasteiger partial charge on any atom is -0.477 e. The van der Waals surface area contributed by atoms with Gasteiger partial charge in [-0.1, -0.05) is 16.9 Å². The molecule has 2 aliphatic heterocycles. The van der Waals surface area contributed by atoms with Gasteiger partial charge in [0, 0.05) is 11.1 Å². The van der Waals surface area contributed by atoms with Gasteiger partial charge >= 0.3 is 17.1 Å². The van der Waals surface area contributed by atoms with Gasteiger partial charge < -0.3 is 26.1 Å². The first-order chi connectivity index (χ1) is 18.7. The molecule has 4 heterocycles. The van der Waals surface area contributed by atoms with Gasteiger partial charge in [-0.05, 0) is 17.1 Å². The number of nitrogens with one attached hydrogen (secondary N) is 2. The summed E-state index contributed by atoms with van der Waals surface area (Å²) < 4.78 is 0.985. The number of fused-ring (bicyclic) bond motifs is 1. The Balaban J connectivity index is 1.52. The number of carbonyl (C=O) groups excluding carboxylic acids is 2. The Morgan fingerprint density at radius 1 is 1.41 bits per heavy atom. The van der Waals surface area contributed by atoms with Crippen molar-refractivity contribution in [2.75, 3.05) is 25.2 Å². The van der Waals surface area contributed by atoms with E-state index in [9.17, 15) is 34.2 Å². The number of aliphatic hydroxyl groups is 1. The summed E-state index contributed by atoms with van der Waals surface area (Å²) in [5, 5.41) is 33.7. The third-order valence-electron chi connectivity index (χ3n) is 5.34. The van der Waals surface area contributed by atoms with E-state index in [1.807, 2.05) is 0 Å². The molecule has 6 N–H and O–H groups in total. The number of β-lactam (4-membered cyclic amide) rings is 1. The molecular weight excluding hydrogens is 576 g/mol. The second-order valence-electron chi connectivity index (χ2n) is 7.67. The molecule has 2 unspecified atom stereocenters. The zero-order chi connectivity index (χ0) is 28.3. The number of H-pyrrole nitrogens is 1. The number of nitrogens with zero attached hydrogens (tertiary/aromatic N) is 5. The molecule has 39 heavy (non-hydrogen) atoms. The van der Waals surface area contributed by atoms with Gasteiger partial charge in [0.25, 0.3) is 11.8 Å². The second kappa shape index (κ2) is 11.8. The summed E-state index contributed by atoms with van der Waals surface area (Å²) in [4.78, 5) is 71.3. The van der Waals surface area contributed by atoms with Crippen LogP contribution in [0.1, 0.15) is 5.69 Å². The van der Waals surface area contributed by atoms with E-state index in [2.05, 4.69) is 25.7 Å². The number of hydrogen-bond acceptors (Lipinski definition) is 14. The molecular formula is C20H20N8O8S3. The van der Waals surface area contributed by atoms with Gasteiger partial charge in [-0.25, -0.2) is 14.9 Å². The zero-order valence-corrected chi connectivity index (χ0v) is 22.3. The summed E-state index contributed by atoms with van der Waals surface area (Å²) >= 11 is 3.23. The number of rotatable bonds is 10. The number of nitrogens with two attached hydrogens (primary N) is 1. The lowest BCUT2D eigenvalue weighted by molar-refractivity contribution is -0.150. The molecule has 2 atom stereocenters. The molecule has 2 aromatic heterocycles. The Hall–Kier alpha value is -3.94. The van der Waals surface area contributed by atoms with Crippen molar-refractivity contribution >= 4 is 63.5 Å². The average Bonchev–Trinajstić information content (AvgIpc) is 3.34. The Kier molecular flexibility index (Phi) is 8.53. The largest absolute Gasteiger partial charge is 0.477 e. The second-order valence-corrected chi connectivity index (χ2v) is 10.5. The molecule has 19 heteroatoms. The third kappa shape index (κ3) is 5.60. The van der Waals surface area contributed by atoms with Gasteiger partial charge in [0.15, 0.2) is 16.0 Å². The molecule has 0 radical (unpaired) electrons. The van der Waals surface area contributed by atoms with Crippen LogP contribution in [0, 0.1) is 0 Å². The smallest absolute Gasteiger partial charge is 0.352 e. The molecule has 16 nitrogen and oxygen atoms in total. The Morgan fingerprint density at radius 3 is 2.82 bits per heavy atom. The number of hydrogen-bond donors (Lipinski definition) is 5. The maximum atomic E-state index is 13.0. The number of carbonyl (C=O) groups is 3. The van der Waals surface area contributed by atoms with Crippen molar-refractivity contribution in [2.45, 2.75) is 23.1 Å². The number of oxime groups is 1. The highest BCUT2D eigenvalue weighted by Gasteiger charge is 2.54. The van der Waals surface area contributed by atoms with Crippen molar-refractivity contribution in [3.05, 3.63) is 54.5 Å². The lowest BCUT2D eigenvalue weighted by Gasteiger charge is -2.49. The van der Waals surface area contributed by atoms with Crippen LogP contribution in [0.4, 0.5) is 5.13 Å². The molecule has 2 aliphatic rings. The van der Waals surface area contributed by atoms with Crippen molar-refractivity contribution in [2.24, 2.45) is 5.16 Å². The normalized spacial score (nSPS) is 19.2. The van der Waals surface area contributed by atoms with Crippen LogP contribution in [0.3, 0.4) is 0 Å². The Morgan fingerprint density at radius 2 is 2.18 bits per heavy atom. The van der Waals surface area contributed by atoms with Crippen molar-refractivity contribution in [1.29, 1.82) is 0 Å². The predicted octanol–water partition coefficient (Wildman–Crippen LogP) is -1.64. The van der Waals surface area contributed by atoms with Gasteiger partial charge in [-0.3, -0.25) is 28.6 Å². The number of aliphatic carboxylic acids is 1. The molecule has 0 spiro atoms. The van der Waals surface area contributed by atoms with Crippen LogP contribution in [0.5, 0.6) is 0 Å². The number of aromatic nitrogens is 4. The van der Waals surface area contributed by atoms with Crippen LogP contribution < -0.4 is 22.2 Å². The molecule has 0 saturated carbocycles. The topological polar surface area (TPSA) is 235 Å². The molecule has 206 valence electrons. The van der Waals surface area contributed by atoms with E-state index in [0.29, 0.717) is 5.57 Å². The van der Waals surface area contributed by atoms with Crippen LogP contribution in [0.15, 0.2) is 48.0 Å². The van der Waals surface area contributed by atoms with E-state index >= 15 is 0 Å². The minimum absolute atomic E-state index is 0.0712. The lowest BCUT2D eigenvalue weighted by Crippen LogP contribution is -2.71. The first-order valence-corrected chi connectivity index (χ1v) is 13.7. The van der Waals surface area contributed by atoms with Crippen molar-refractivity contribution in [3.8, 4) is 0 Å². The highest BCUT2D eigenvalue weighted by Crippen LogP contribution is 2.41. The van der Waals surface area contributed by atoms with Crippen molar-refractivity contribution in [1.82, 2.24) is 30.0 Å². The summed E-state index contributed by atoms with van der Waals surface area (Å²) in [7, 11) is 1.24. The zero-order valence-electron chi connectivity index (χ0n) is 19.9. The molecule has 0 bridgehead atoms. The van der Waals surface area contributed by atoms with E-state index < -0.39 is 46.9 Å². The third-order valence-corrected chi connectivity index (χ3v) is 8.11. The standard InChI is InChI=1S/C20H20N8O8S3/c1-36-26-10(9-7-39-19(21)22-9)13(30)23-11-15(32)28-12(18(34)35)8(6-38-17(11)28)2-5-37-20-25-24-14(31)16(33)27(20)3-4-29/h2,5,7,11,17,29H,3-4,6H2,1H3,(H2,21,22)(H,23,30)(H,24,31)(H,34,35). The van der Waals surface area contributed by atoms with Crippen LogP contribution in [0.2, 0.25) is 0 Å². The maximum absolute atomic E-state index is 13.0. The maximum Gasteiger partial charge on any atom is 0.352 e. The molecule has 0 aliphatic carbocycles. The summed E-state index contributed by atoms with van der Waals surface area (Å²) in [5.41, 5.74) is 3.79. The van der Waals surface area contributed by atoms with Crippen LogP contribution in [-0.2, 0) is 25.8 Å². The molecule has 2 amide bonds. The van der Waals surface area contributed by atoms with E-state index in [0.717, 1.165) is 32.6 Å². The highest BCUT2D eigenvalue weighted by atomic mass is 32.2. The first-order valence-electron chi connectivity index (χ1n) is 10.9. The fraction of sp³-hybridized carbons (Fsp3) is 0.300. The Labute approximate surface area is 230 Å². The van der Waals surface area contributed by atoms with Crippen LogP contribution in [0.25, 0.3) is 0 Å². The van der Waals surface area contributed by atoms with Gasteiger partial charge in [0.1, 0.15) is 29.9 Å². The lowest BCUT2D eigenvalue weighted by atomic mass is 10.0. The summed E-state index contributed by atoms with van der Waals surface area (Å²) in [6, 6.07) is -1.02. The number of nitrogen functional groups attached to an aromatic ring is 1. The average molecular weight is 597 g/mol. The number of allylic oxidation sites excluding steroid dienone is 1. The van der Waals surface area contributed by atoms with Gasteiger partial charge in [-0.2, -0.15) is 0 Å². The quantitative estimate of drug-likeness (QED) is 0.0681. The number of amides is 2. The molecule has 0 aromatic carbocycles. The number of thiazole rings is 1. The number of carboxylic acids is 1. The van der Waals surface area contributed by atoms with Gasteiger partial charge in [0.05, 0.1) is 13.2 Å². The molecule has 1 saturated heterocycles. The predicted molar refractivity (Wildman–Crippen MR) is 141 cm³/mol. The summed E-state index contributed by atoms with van der Waals surface area (Å²) in [6.07, 6.45) is 1.45. The number of aliphatic hydroxyl groups excluding tert-OH is 1. The molecule has 2 aromatic rings. The van der Waals surface area contributed by atoms with E-state index in [-0.39, 0.29) is 39.7 Å². The SMILES string of the molecule is CON=C(C(=O)NC1C(=O)N2C(C(=O)O)=C(C=CSc3n[nH]c(=O)c(=O)n3CCO)CSC12)c1csc(N)n1. The van der Waals surface area contributed by atoms with E-state index in [1.165, 1.54) is 35.7 Å². The van der Waals surface area contributed by atoms with E-state index in [4.69, 9.17) is 10.6 Å². The number of thioether (sulfide) groups is 2. The van der Waals surface area contributed by atoms with E-state index in [1.54, 1.807) is 0 Å². The number of aromatic amines is 1. The van der Waals surface area contributed by atoms with Crippen molar-refractivity contribution < 1.29 is 29.4 Å². The van der Waals surface area contributed by atoms with Crippen molar-refractivity contribution in [3.63, 3.8) is 0 Å². The number of anilines is 1. The Bertz CT molecular complexity index is 1530. The summed E-state index contributed by atoms with van der Waals surface area (Å²) in [6.45, 7) is -0.561. The van der Waals surface area contributed by atoms with Crippen LogP contribution in [-0.4, -0.2) is 89.2 Å². The molecule has 1 fully saturated rings.